The molecule has 0 unspecified atom stereocenters. The molecule has 10 rings (SSSR count). The van der Waals surface area contributed by atoms with Crippen LogP contribution < -0.4 is 4.90 Å². The van der Waals surface area contributed by atoms with Crippen molar-refractivity contribution in [1.82, 2.24) is 0 Å². The predicted molar refractivity (Wildman–Crippen MR) is 260 cm³/mol. The molecule has 0 amide bonds. The van der Waals surface area contributed by atoms with E-state index in [2.05, 4.69) is 251 Å². The molecule has 9 aromatic rings. The zero-order chi connectivity index (χ0) is 41.5. The van der Waals surface area contributed by atoms with Crippen LogP contribution in [0.15, 0.2) is 218 Å². The lowest BCUT2D eigenvalue weighted by Crippen LogP contribution is -2.19. The van der Waals surface area contributed by atoms with E-state index in [0.717, 1.165) is 17.1 Å². The van der Waals surface area contributed by atoms with Crippen LogP contribution in [0.2, 0.25) is 0 Å². The summed E-state index contributed by atoms with van der Waals surface area (Å²) in [6.07, 6.45) is 0. The standard InChI is InChI=1S/C60H49N/c1-41(2)48-30-18-32-55-52-39-38-47(40-56(52)60(3,4)59(48)55)61(46-36-34-43(35-37-46)42-20-8-5-9-21-42)57-33-19-31-54(51-28-16-14-26-49(51)44-22-10-6-11-23-44)58(57)53-29-17-15-27-50(53)45-24-12-7-13-25-45/h5-41H,1-4H3. The molecule has 1 nitrogen and oxygen atoms in total. The van der Waals surface area contributed by atoms with Crippen molar-refractivity contribution in [3.05, 3.63) is 235 Å². The second kappa shape index (κ2) is 15.8. The Labute approximate surface area is 361 Å². The van der Waals surface area contributed by atoms with E-state index < -0.39 is 0 Å². The van der Waals surface area contributed by atoms with Crippen molar-refractivity contribution >= 4 is 17.1 Å². The number of nitrogens with zero attached hydrogens (tertiary/aromatic N) is 1. The number of anilines is 3. The molecule has 0 radical (unpaired) electrons. The minimum Gasteiger partial charge on any atom is -0.310 e. The van der Waals surface area contributed by atoms with Gasteiger partial charge in [0.25, 0.3) is 0 Å². The molecule has 61 heavy (non-hydrogen) atoms. The Morgan fingerprint density at radius 2 is 0.836 bits per heavy atom. The lowest BCUT2D eigenvalue weighted by molar-refractivity contribution is 0.642. The van der Waals surface area contributed by atoms with Gasteiger partial charge in [-0.3, -0.25) is 0 Å². The molecule has 0 heterocycles. The van der Waals surface area contributed by atoms with Crippen molar-refractivity contribution in [2.45, 2.75) is 39.0 Å². The minimum atomic E-state index is -0.177. The number of hydrogen-bond donors (Lipinski definition) is 0. The molecule has 1 heteroatoms. The van der Waals surface area contributed by atoms with Gasteiger partial charge in [-0.25, -0.2) is 0 Å². The Balaban J connectivity index is 1.26. The van der Waals surface area contributed by atoms with Gasteiger partial charge in [-0.05, 0) is 114 Å². The molecule has 1 aliphatic rings. The van der Waals surface area contributed by atoms with E-state index in [-0.39, 0.29) is 5.41 Å². The molecule has 294 valence electrons. The monoisotopic (exact) mass is 783 g/mol. The van der Waals surface area contributed by atoms with Crippen LogP contribution in [-0.4, -0.2) is 0 Å². The average molecular weight is 784 g/mol. The third kappa shape index (κ3) is 6.77. The number of fused-ring (bicyclic) bond motifs is 3. The number of hydrogen-bond acceptors (Lipinski definition) is 1. The summed E-state index contributed by atoms with van der Waals surface area (Å²) < 4.78 is 0. The highest BCUT2D eigenvalue weighted by Gasteiger charge is 2.38. The number of rotatable bonds is 9. The molecule has 0 fully saturated rings. The predicted octanol–water partition coefficient (Wildman–Crippen LogP) is 16.9. The molecule has 0 saturated heterocycles. The van der Waals surface area contributed by atoms with E-state index in [1.807, 2.05) is 0 Å². The highest BCUT2D eigenvalue weighted by molar-refractivity contribution is 6.03. The maximum absolute atomic E-state index is 2.50. The quantitative estimate of drug-likeness (QED) is 0.141. The Hall–Kier alpha value is -7.22. The second-order valence-electron chi connectivity index (χ2n) is 17.1. The molecule has 0 spiro atoms. The van der Waals surface area contributed by atoms with Gasteiger partial charge in [0.2, 0.25) is 0 Å². The first-order valence-electron chi connectivity index (χ1n) is 21.5. The van der Waals surface area contributed by atoms with Gasteiger partial charge < -0.3 is 4.90 Å². The second-order valence-corrected chi connectivity index (χ2v) is 17.1. The lowest BCUT2D eigenvalue weighted by Gasteiger charge is -2.32. The van der Waals surface area contributed by atoms with E-state index in [4.69, 9.17) is 0 Å². The average Bonchev–Trinajstić information content (AvgIpc) is 3.55. The van der Waals surface area contributed by atoms with E-state index in [1.165, 1.54) is 83.5 Å². The maximum atomic E-state index is 2.50. The Kier molecular flexibility index (Phi) is 9.82. The molecular weight excluding hydrogens is 735 g/mol. The van der Waals surface area contributed by atoms with E-state index >= 15 is 0 Å². The normalized spacial score (nSPS) is 12.5. The summed E-state index contributed by atoms with van der Waals surface area (Å²) in [4.78, 5) is 2.50. The fourth-order valence-electron chi connectivity index (χ4n) is 9.78. The first-order chi connectivity index (χ1) is 29.9. The Morgan fingerprint density at radius 3 is 1.46 bits per heavy atom. The summed E-state index contributed by atoms with van der Waals surface area (Å²) in [6.45, 7) is 9.46. The van der Waals surface area contributed by atoms with Gasteiger partial charge in [0.1, 0.15) is 0 Å². The van der Waals surface area contributed by atoms with Gasteiger partial charge in [-0.1, -0.05) is 216 Å². The molecule has 0 N–H and O–H groups in total. The van der Waals surface area contributed by atoms with Crippen LogP contribution in [-0.2, 0) is 5.41 Å². The fraction of sp³-hybridized carbons (Fsp3) is 0.100. The van der Waals surface area contributed by atoms with Crippen LogP contribution in [0.5, 0.6) is 0 Å². The summed E-state index contributed by atoms with van der Waals surface area (Å²) in [5, 5.41) is 0. The van der Waals surface area contributed by atoms with Crippen LogP contribution in [0.25, 0.3) is 66.8 Å². The summed E-state index contributed by atoms with van der Waals surface area (Å²) >= 11 is 0. The minimum absolute atomic E-state index is 0.177. The summed E-state index contributed by atoms with van der Waals surface area (Å²) in [5.74, 6) is 0.427. The van der Waals surface area contributed by atoms with Crippen LogP contribution in [0.1, 0.15) is 50.3 Å². The van der Waals surface area contributed by atoms with Gasteiger partial charge in [0.15, 0.2) is 0 Å². The van der Waals surface area contributed by atoms with E-state index in [9.17, 15) is 0 Å². The van der Waals surface area contributed by atoms with Gasteiger partial charge >= 0.3 is 0 Å². The Bertz CT molecular complexity index is 3000. The van der Waals surface area contributed by atoms with Gasteiger partial charge in [0.05, 0.1) is 5.69 Å². The lowest BCUT2D eigenvalue weighted by atomic mass is 9.78. The van der Waals surface area contributed by atoms with Gasteiger partial charge in [-0.2, -0.15) is 0 Å². The zero-order valence-corrected chi connectivity index (χ0v) is 35.3. The van der Waals surface area contributed by atoms with Crippen LogP contribution in [0.4, 0.5) is 17.1 Å². The van der Waals surface area contributed by atoms with Crippen molar-refractivity contribution in [2.24, 2.45) is 0 Å². The van der Waals surface area contributed by atoms with Crippen molar-refractivity contribution in [3.63, 3.8) is 0 Å². The molecule has 0 bridgehead atoms. The van der Waals surface area contributed by atoms with Crippen molar-refractivity contribution in [1.29, 1.82) is 0 Å². The van der Waals surface area contributed by atoms with Crippen LogP contribution in [0.3, 0.4) is 0 Å². The van der Waals surface area contributed by atoms with E-state index in [1.54, 1.807) is 0 Å². The third-order valence-electron chi connectivity index (χ3n) is 12.7. The van der Waals surface area contributed by atoms with Crippen molar-refractivity contribution in [2.75, 3.05) is 4.90 Å². The molecule has 1 aliphatic carbocycles. The SMILES string of the molecule is CC(C)c1cccc2c1C(C)(C)c1cc(N(c3ccc(-c4ccccc4)cc3)c3cccc(-c4ccccc4-c4ccccc4)c3-c3ccccc3-c3ccccc3)ccc1-2. The van der Waals surface area contributed by atoms with Gasteiger partial charge in [-0.15, -0.1) is 0 Å². The summed E-state index contributed by atoms with van der Waals surface area (Å²) in [6, 6.07) is 80.2. The van der Waals surface area contributed by atoms with Crippen LogP contribution >= 0.6 is 0 Å². The fourth-order valence-corrected chi connectivity index (χ4v) is 9.78. The molecule has 0 aromatic heterocycles. The Morgan fingerprint density at radius 1 is 0.361 bits per heavy atom. The molecule has 0 atom stereocenters. The largest absolute Gasteiger partial charge is 0.310 e. The first-order valence-corrected chi connectivity index (χ1v) is 21.5. The molecule has 9 aromatic carbocycles. The van der Waals surface area contributed by atoms with Crippen LogP contribution in [0, 0.1) is 0 Å². The molecule has 0 aliphatic heterocycles. The number of benzene rings is 9. The topological polar surface area (TPSA) is 3.24 Å². The zero-order valence-electron chi connectivity index (χ0n) is 35.3. The van der Waals surface area contributed by atoms with E-state index in [0.29, 0.717) is 5.92 Å². The molecule has 0 saturated carbocycles. The first kappa shape index (κ1) is 38.0. The summed E-state index contributed by atoms with van der Waals surface area (Å²) in [5.41, 5.74) is 22.0. The maximum Gasteiger partial charge on any atom is 0.0546 e. The highest BCUT2D eigenvalue weighted by Crippen LogP contribution is 2.54. The summed E-state index contributed by atoms with van der Waals surface area (Å²) in [7, 11) is 0. The smallest absolute Gasteiger partial charge is 0.0546 e. The van der Waals surface area contributed by atoms with Crippen molar-refractivity contribution in [3.8, 4) is 66.8 Å². The van der Waals surface area contributed by atoms with Gasteiger partial charge in [0, 0.05) is 22.4 Å². The third-order valence-corrected chi connectivity index (χ3v) is 12.7. The highest BCUT2D eigenvalue weighted by atomic mass is 15.1. The molecular formula is C60H49N. The van der Waals surface area contributed by atoms with Crippen molar-refractivity contribution < 1.29 is 0 Å².